The normalized spacial score (nSPS) is 10.9. The van der Waals surface area contributed by atoms with Crippen LogP contribution < -0.4 is 5.73 Å². The van der Waals surface area contributed by atoms with E-state index in [9.17, 15) is 13.2 Å². The van der Waals surface area contributed by atoms with Gasteiger partial charge in [0.2, 0.25) is 5.95 Å². The van der Waals surface area contributed by atoms with Gasteiger partial charge in [0.05, 0.1) is 0 Å². The Kier molecular flexibility index (Phi) is 2.87. The molecule has 0 aliphatic heterocycles. The first-order valence-corrected chi connectivity index (χ1v) is 3.70. The minimum absolute atomic E-state index is 0.199. The van der Waals surface area contributed by atoms with Crippen molar-refractivity contribution in [2.24, 2.45) is 5.73 Å². The highest BCUT2D eigenvalue weighted by Gasteiger charge is 2.18. The molecule has 0 bridgehead atoms. The van der Waals surface area contributed by atoms with Gasteiger partial charge in [0.15, 0.2) is 0 Å². The lowest BCUT2D eigenvalue weighted by Crippen LogP contribution is -2.08. The standard InChI is InChI=1S/C8H9F3N2/c1-4-3-13-8(11)5(2-12)6(4)7(9)10/h3,7H,2,12H2,1H3. The summed E-state index contributed by atoms with van der Waals surface area (Å²) in [6, 6.07) is 0. The molecule has 0 fully saturated rings. The lowest BCUT2D eigenvalue weighted by Gasteiger charge is -2.09. The van der Waals surface area contributed by atoms with Crippen LogP contribution in [0, 0.1) is 12.9 Å². The van der Waals surface area contributed by atoms with Crippen molar-refractivity contribution in [3.8, 4) is 0 Å². The van der Waals surface area contributed by atoms with Crippen molar-refractivity contribution >= 4 is 0 Å². The highest BCUT2D eigenvalue weighted by atomic mass is 19.3. The van der Waals surface area contributed by atoms with Gasteiger partial charge in [0.25, 0.3) is 6.43 Å². The first kappa shape index (κ1) is 9.98. The van der Waals surface area contributed by atoms with Crippen LogP contribution in [0.1, 0.15) is 23.1 Å². The second kappa shape index (κ2) is 3.74. The highest BCUT2D eigenvalue weighted by molar-refractivity contribution is 5.32. The van der Waals surface area contributed by atoms with Crippen molar-refractivity contribution in [1.82, 2.24) is 4.98 Å². The second-order valence-corrected chi connectivity index (χ2v) is 2.63. The van der Waals surface area contributed by atoms with Crippen LogP contribution in [-0.2, 0) is 6.54 Å². The fraction of sp³-hybridized carbons (Fsp3) is 0.375. The smallest absolute Gasteiger partial charge is 0.264 e. The Morgan fingerprint density at radius 2 is 2.15 bits per heavy atom. The summed E-state index contributed by atoms with van der Waals surface area (Å²) in [5.41, 5.74) is 4.87. The van der Waals surface area contributed by atoms with Gasteiger partial charge >= 0.3 is 0 Å². The van der Waals surface area contributed by atoms with E-state index in [0.717, 1.165) is 6.20 Å². The molecule has 1 aromatic heterocycles. The Labute approximate surface area is 73.6 Å². The predicted octanol–water partition coefficient (Wildman–Crippen LogP) is 1.93. The van der Waals surface area contributed by atoms with Crippen LogP contribution in [0.3, 0.4) is 0 Å². The Morgan fingerprint density at radius 1 is 1.54 bits per heavy atom. The number of hydrogen-bond donors (Lipinski definition) is 1. The summed E-state index contributed by atoms with van der Waals surface area (Å²) in [4.78, 5) is 3.31. The molecule has 0 saturated carbocycles. The Bertz CT molecular complexity index is 313. The minimum atomic E-state index is -2.71. The molecule has 0 aromatic carbocycles. The third-order valence-corrected chi connectivity index (χ3v) is 1.79. The van der Waals surface area contributed by atoms with Crippen molar-refractivity contribution in [3.05, 3.63) is 28.8 Å². The molecule has 0 aliphatic rings. The molecule has 13 heavy (non-hydrogen) atoms. The van der Waals surface area contributed by atoms with Crippen LogP contribution in [-0.4, -0.2) is 4.98 Å². The van der Waals surface area contributed by atoms with Gasteiger partial charge in [-0.15, -0.1) is 0 Å². The van der Waals surface area contributed by atoms with Gasteiger partial charge in [-0.25, -0.2) is 13.8 Å². The summed E-state index contributed by atoms with van der Waals surface area (Å²) in [6.45, 7) is 1.19. The molecular weight excluding hydrogens is 181 g/mol. The van der Waals surface area contributed by atoms with E-state index in [0.29, 0.717) is 0 Å². The lowest BCUT2D eigenvalue weighted by molar-refractivity contribution is 0.148. The van der Waals surface area contributed by atoms with Gasteiger partial charge in [0, 0.05) is 23.9 Å². The SMILES string of the molecule is Cc1cnc(F)c(CN)c1C(F)F. The summed E-state index contributed by atoms with van der Waals surface area (Å²) in [5.74, 6) is -0.914. The molecule has 0 unspecified atom stereocenters. The molecule has 2 N–H and O–H groups in total. The maximum atomic E-state index is 12.9. The molecule has 2 nitrogen and oxygen atoms in total. The van der Waals surface area contributed by atoms with Gasteiger partial charge in [-0.05, 0) is 12.5 Å². The highest BCUT2D eigenvalue weighted by Crippen LogP contribution is 2.26. The van der Waals surface area contributed by atoms with Crippen LogP contribution in [0.5, 0.6) is 0 Å². The fourth-order valence-electron chi connectivity index (χ4n) is 1.15. The number of aromatic nitrogens is 1. The van der Waals surface area contributed by atoms with E-state index in [1.807, 2.05) is 0 Å². The quantitative estimate of drug-likeness (QED) is 0.723. The number of nitrogens with two attached hydrogens (primary N) is 1. The third kappa shape index (κ3) is 1.80. The van der Waals surface area contributed by atoms with Crippen molar-refractivity contribution in [2.45, 2.75) is 19.9 Å². The topological polar surface area (TPSA) is 38.9 Å². The van der Waals surface area contributed by atoms with Gasteiger partial charge in [0.1, 0.15) is 0 Å². The number of halogens is 3. The number of aryl methyl sites for hydroxylation is 1. The molecule has 1 heterocycles. The van der Waals surface area contributed by atoms with Crippen LogP contribution in [0.2, 0.25) is 0 Å². The molecule has 5 heteroatoms. The van der Waals surface area contributed by atoms with Crippen molar-refractivity contribution in [1.29, 1.82) is 0 Å². The Morgan fingerprint density at radius 3 is 2.54 bits per heavy atom. The molecule has 0 amide bonds. The zero-order valence-corrected chi connectivity index (χ0v) is 7.02. The Hall–Kier alpha value is -1.10. The molecule has 0 saturated heterocycles. The maximum Gasteiger partial charge on any atom is 0.264 e. The minimum Gasteiger partial charge on any atom is -0.326 e. The number of hydrogen-bond acceptors (Lipinski definition) is 2. The van der Waals surface area contributed by atoms with Crippen LogP contribution in [0.15, 0.2) is 6.20 Å². The number of pyridine rings is 1. The van der Waals surface area contributed by atoms with E-state index in [-0.39, 0.29) is 23.2 Å². The monoisotopic (exact) mass is 190 g/mol. The fourth-order valence-corrected chi connectivity index (χ4v) is 1.15. The average Bonchev–Trinajstić information content (AvgIpc) is 2.07. The van der Waals surface area contributed by atoms with E-state index >= 15 is 0 Å². The second-order valence-electron chi connectivity index (χ2n) is 2.63. The van der Waals surface area contributed by atoms with E-state index in [2.05, 4.69) is 4.98 Å². The third-order valence-electron chi connectivity index (χ3n) is 1.79. The molecule has 1 aromatic rings. The van der Waals surface area contributed by atoms with Gasteiger partial charge in [-0.3, -0.25) is 0 Å². The Balaban J connectivity index is 3.35. The lowest BCUT2D eigenvalue weighted by atomic mass is 10.1. The average molecular weight is 190 g/mol. The number of rotatable bonds is 2. The van der Waals surface area contributed by atoms with Gasteiger partial charge in [-0.2, -0.15) is 4.39 Å². The molecule has 0 atom stereocenters. The predicted molar refractivity (Wildman–Crippen MR) is 41.8 cm³/mol. The summed E-state index contributed by atoms with van der Waals surface area (Å²) < 4.78 is 37.7. The van der Waals surface area contributed by atoms with Crippen LogP contribution in [0.4, 0.5) is 13.2 Å². The summed E-state index contributed by atoms with van der Waals surface area (Å²) in [5, 5.41) is 0. The summed E-state index contributed by atoms with van der Waals surface area (Å²) in [6.07, 6.45) is -1.63. The van der Waals surface area contributed by atoms with E-state index in [4.69, 9.17) is 5.73 Å². The molecule has 1 rings (SSSR count). The molecule has 0 aliphatic carbocycles. The summed E-state index contributed by atoms with van der Waals surface area (Å²) >= 11 is 0. The van der Waals surface area contributed by atoms with Gasteiger partial charge in [-0.1, -0.05) is 0 Å². The maximum absolute atomic E-state index is 12.9. The molecule has 0 radical (unpaired) electrons. The van der Waals surface area contributed by atoms with Gasteiger partial charge < -0.3 is 5.73 Å². The van der Waals surface area contributed by atoms with Crippen molar-refractivity contribution in [3.63, 3.8) is 0 Å². The van der Waals surface area contributed by atoms with E-state index in [1.165, 1.54) is 6.92 Å². The number of alkyl halides is 2. The number of nitrogens with zero attached hydrogens (tertiary/aromatic N) is 1. The summed E-state index contributed by atoms with van der Waals surface area (Å²) in [7, 11) is 0. The zero-order chi connectivity index (χ0) is 10.0. The molecule has 0 spiro atoms. The van der Waals surface area contributed by atoms with E-state index in [1.54, 1.807) is 0 Å². The van der Waals surface area contributed by atoms with Crippen molar-refractivity contribution < 1.29 is 13.2 Å². The first-order chi connectivity index (χ1) is 6.07. The first-order valence-electron chi connectivity index (χ1n) is 3.70. The largest absolute Gasteiger partial charge is 0.326 e. The molecule has 72 valence electrons. The van der Waals surface area contributed by atoms with E-state index < -0.39 is 12.4 Å². The van der Waals surface area contributed by atoms with Crippen LogP contribution >= 0.6 is 0 Å². The molecular formula is C8H9F3N2. The van der Waals surface area contributed by atoms with Crippen LogP contribution in [0.25, 0.3) is 0 Å². The zero-order valence-electron chi connectivity index (χ0n) is 7.02. The van der Waals surface area contributed by atoms with Crippen molar-refractivity contribution in [2.75, 3.05) is 0 Å².